The Hall–Kier alpha value is -7.46. The van der Waals surface area contributed by atoms with Crippen molar-refractivity contribution in [3.8, 4) is 33.4 Å². The summed E-state index contributed by atoms with van der Waals surface area (Å²) in [5.74, 6) is 0. The highest BCUT2D eigenvalue weighted by molar-refractivity contribution is 7.26. The molecular weight excluding hydrogens is 735 g/mol. The SMILES string of the molecule is c1ccc(-c2cc(N(c3ccc(-c4ccc5ccc6ccccc6c5c4)cc3)c3ccc(-c4ccccc4)c4oc5ccccc5c34)c3c(c2)sc2ccccc23)cc1. The van der Waals surface area contributed by atoms with Gasteiger partial charge in [-0.25, -0.2) is 0 Å². The maximum absolute atomic E-state index is 6.85. The second-order valence-electron chi connectivity index (χ2n) is 15.2. The number of hydrogen-bond donors (Lipinski definition) is 0. The molecule has 0 aliphatic carbocycles. The Morgan fingerprint density at radius 2 is 0.983 bits per heavy atom. The molecule has 0 amide bonds. The van der Waals surface area contributed by atoms with E-state index in [9.17, 15) is 0 Å². The van der Waals surface area contributed by atoms with Gasteiger partial charge in [-0.05, 0) is 104 Å². The largest absolute Gasteiger partial charge is 0.455 e. The first-order chi connectivity index (χ1) is 29.2. The number of thiophene rings is 1. The highest BCUT2D eigenvalue weighted by Crippen LogP contribution is 2.51. The fourth-order valence-corrected chi connectivity index (χ4v) is 10.2. The number of anilines is 3. The molecule has 10 aromatic carbocycles. The van der Waals surface area contributed by atoms with Crippen LogP contribution in [0.5, 0.6) is 0 Å². The van der Waals surface area contributed by atoms with Crippen molar-refractivity contribution in [3.05, 3.63) is 212 Å². The van der Waals surface area contributed by atoms with Crippen molar-refractivity contribution in [1.82, 2.24) is 0 Å². The smallest absolute Gasteiger partial charge is 0.145 e. The molecule has 0 spiro atoms. The van der Waals surface area contributed by atoms with Crippen molar-refractivity contribution >= 4 is 92.1 Å². The lowest BCUT2D eigenvalue weighted by atomic mass is 9.96. The van der Waals surface area contributed by atoms with Gasteiger partial charge in [0.2, 0.25) is 0 Å². The van der Waals surface area contributed by atoms with Crippen LogP contribution in [0.2, 0.25) is 0 Å². The van der Waals surface area contributed by atoms with Crippen LogP contribution in [0.25, 0.3) is 97.0 Å². The number of nitrogens with zero attached hydrogens (tertiary/aromatic N) is 1. The fraction of sp³-hybridized carbons (Fsp3) is 0. The maximum atomic E-state index is 6.85. The molecule has 0 radical (unpaired) electrons. The monoisotopic (exact) mass is 769 g/mol. The lowest BCUT2D eigenvalue weighted by molar-refractivity contribution is 0.670. The molecule has 276 valence electrons. The van der Waals surface area contributed by atoms with Gasteiger partial charge in [0.05, 0.1) is 16.8 Å². The summed E-state index contributed by atoms with van der Waals surface area (Å²) >= 11 is 1.86. The average Bonchev–Trinajstić information content (AvgIpc) is 3.89. The first-order valence-electron chi connectivity index (χ1n) is 20.1. The lowest BCUT2D eigenvalue weighted by Gasteiger charge is -2.28. The predicted molar refractivity (Wildman–Crippen MR) is 253 cm³/mol. The van der Waals surface area contributed by atoms with Gasteiger partial charge in [0.25, 0.3) is 0 Å². The molecule has 2 nitrogen and oxygen atoms in total. The zero-order valence-electron chi connectivity index (χ0n) is 32.0. The molecule has 59 heavy (non-hydrogen) atoms. The minimum Gasteiger partial charge on any atom is -0.455 e. The normalized spacial score (nSPS) is 11.7. The van der Waals surface area contributed by atoms with Crippen LogP contribution in [-0.4, -0.2) is 0 Å². The molecule has 0 aliphatic rings. The van der Waals surface area contributed by atoms with Gasteiger partial charge in [0, 0.05) is 36.8 Å². The molecule has 0 bridgehead atoms. The highest BCUT2D eigenvalue weighted by Gasteiger charge is 2.25. The highest BCUT2D eigenvalue weighted by atomic mass is 32.1. The van der Waals surface area contributed by atoms with Crippen LogP contribution in [0.3, 0.4) is 0 Å². The Bertz CT molecular complexity index is 3550. The summed E-state index contributed by atoms with van der Waals surface area (Å²) in [5, 5.41) is 9.71. The minimum absolute atomic E-state index is 0.871. The Morgan fingerprint density at radius 3 is 1.80 bits per heavy atom. The van der Waals surface area contributed by atoms with E-state index >= 15 is 0 Å². The zero-order valence-corrected chi connectivity index (χ0v) is 32.8. The Labute approximate surface area is 345 Å². The van der Waals surface area contributed by atoms with E-state index in [2.05, 4.69) is 217 Å². The Balaban J connectivity index is 1.14. The third kappa shape index (κ3) is 5.55. The molecule has 2 aromatic heterocycles. The molecule has 0 saturated carbocycles. The summed E-state index contributed by atoms with van der Waals surface area (Å²) in [7, 11) is 0. The van der Waals surface area contributed by atoms with Crippen molar-refractivity contribution in [1.29, 1.82) is 0 Å². The van der Waals surface area contributed by atoms with Crippen molar-refractivity contribution < 1.29 is 4.42 Å². The lowest BCUT2D eigenvalue weighted by Crippen LogP contribution is -2.11. The van der Waals surface area contributed by atoms with E-state index in [1.807, 2.05) is 11.3 Å². The van der Waals surface area contributed by atoms with Crippen LogP contribution in [-0.2, 0) is 0 Å². The Morgan fingerprint density at radius 1 is 0.356 bits per heavy atom. The van der Waals surface area contributed by atoms with Crippen LogP contribution >= 0.6 is 11.3 Å². The molecule has 0 N–H and O–H groups in total. The molecule has 0 aliphatic heterocycles. The molecule has 3 heteroatoms. The first kappa shape index (κ1) is 33.7. The third-order valence-corrected chi connectivity index (χ3v) is 13.0. The van der Waals surface area contributed by atoms with Gasteiger partial charge in [0.15, 0.2) is 0 Å². The van der Waals surface area contributed by atoms with Gasteiger partial charge in [0.1, 0.15) is 11.2 Å². The molecular formula is C56H35NOS. The van der Waals surface area contributed by atoms with Crippen LogP contribution in [0.15, 0.2) is 217 Å². The molecule has 0 saturated heterocycles. The molecule has 0 unspecified atom stereocenters. The summed E-state index contributed by atoms with van der Waals surface area (Å²) in [5.41, 5.74) is 11.9. The van der Waals surface area contributed by atoms with Crippen molar-refractivity contribution in [2.24, 2.45) is 0 Å². The summed E-state index contributed by atoms with van der Waals surface area (Å²) in [6.45, 7) is 0. The number of benzene rings is 10. The van der Waals surface area contributed by atoms with E-state index < -0.39 is 0 Å². The number of fused-ring (bicyclic) bond motifs is 9. The van der Waals surface area contributed by atoms with E-state index in [1.54, 1.807) is 0 Å². The van der Waals surface area contributed by atoms with Gasteiger partial charge in [-0.1, -0.05) is 158 Å². The first-order valence-corrected chi connectivity index (χ1v) is 20.9. The minimum atomic E-state index is 0.871. The topological polar surface area (TPSA) is 16.4 Å². The van der Waals surface area contributed by atoms with Gasteiger partial charge < -0.3 is 9.32 Å². The van der Waals surface area contributed by atoms with E-state index in [0.717, 1.165) is 50.1 Å². The predicted octanol–water partition coefficient (Wildman–Crippen LogP) is 16.7. The molecule has 2 heterocycles. The fourth-order valence-electron chi connectivity index (χ4n) is 9.04. The standard InChI is InChI=1S/C56H35NOS/c1-3-13-36(14-4-1)42-34-50(54-47-20-10-12-22-52(47)59-53(54)35-42)57(49-32-31-45(38-15-5-2-6-16-38)56-55(49)46-19-9-11-21-51(46)58-56)43-29-27-37(28-30-43)41-26-25-40-24-23-39-17-7-8-18-44(39)48(40)33-41/h1-35H. The van der Waals surface area contributed by atoms with Crippen molar-refractivity contribution in [3.63, 3.8) is 0 Å². The molecule has 0 fully saturated rings. The van der Waals surface area contributed by atoms with E-state index in [4.69, 9.17) is 4.42 Å². The quantitative estimate of drug-likeness (QED) is 0.157. The van der Waals surface area contributed by atoms with E-state index in [1.165, 1.54) is 64.0 Å². The molecule has 12 aromatic rings. The van der Waals surface area contributed by atoms with Crippen LogP contribution < -0.4 is 4.90 Å². The summed E-state index contributed by atoms with van der Waals surface area (Å²) in [6, 6.07) is 77.0. The van der Waals surface area contributed by atoms with Crippen LogP contribution in [0.4, 0.5) is 17.1 Å². The van der Waals surface area contributed by atoms with E-state index in [0.29, 0.717) is 0 Å². The van der Waals surface area contributed by atoms with Crippen molar-refractivity contribution in [2.45, 2.75) is 0 Å². The summed E-state index contributed by atoms with van der Waals surface area (Å²) in [6.07, 6.45) is 0. The Kier molecular flexibility index (Phi) is 7.75. The van der Waals surface area contributed by atoms with Gasteiger partial charge in [-0.15, -0.1) is 11.3 Å². The second-order valence-corrected chi connectivity index (χ2v) is 16.3. The average molecular weight is 770 g/mol. The van der Waals surface area contributed by atoms with E-state index in [-0.39, 0.29) is 0 Å². The number of hydrogen-bond acceptors (Lipinski definition) is 3. The number of rotatable bonds is 6. The number of para-hydroxylation sites is 1. The third-order valence-electron chi connectivity index (χ3n) is 11.8. The zero-order chi connectivity index (χ0) is 38.9. The van der Waals surface area contributed by atoms with Gasteiger partial charge >= 0.3 is 0 Å². The van der Waals surface area contributed by atoms with Crippen LogP contribution in [0, 0.1) is 0 Å². The number of furan rings is 1. The van der Waals surface area contributed by atoms with Gasteiger partial charge in [-0.3, -0.25) is 0 Å². The summed E-state index contributed by atoms with van der Waals surface area (Å²) < 4.78 is 9.38. The molecule has 12 rings (SSSR count). The molecule has 0 atom stereocenters. The van der Waals surface area contributed by atoms with Crippen LogP contribution in [0.1, 0.15) is 0 Å². The summed E-state index contributed by atoms with van der Waals surface area (Å²) in [4.78, 5) is 2.48. The maximum Gasteiger partial charge on any atom is 0.145 e. The van der Waals surface area contributed by atoms with Gasteiger partial charge in [-0.2, -0.15) is 0 Å². The van der Waals surface area contributed by atoms with Crippen molar-refractivity contribution in [2.75, 3.05) is 4.90 Å². The second kappa shape index (κ2) is 13.6.